The number of likely N-dealkylation sites (tertiary alicyclic amines) is 1. The van der Waals surface area contributed by atoms with Crippen LogP contribution in [0.25, 0.3) is 0 Å². The van der Waals surface area contributed by atoms with Gasteiger partial charge in [0.25, 0.3) is 0 Å². The van der Waals surface area contributed by atoms with Gasteiger partial charge in [-0.2, -0.15) is 0 Å². The molecule has 1 unspecified atom stereocenters. The van der Waals surface area contributed by atoms with Crippen molar-refractivity contribution in [3.05, 3.63) is 59.8 Å². The largest absolute Gasteiger partial charge is 0.473 e. The summed E-state index contributed by atoms with van der Waals surface area (Å²) in [5.41, 5.74) is 2.48. The molecule has 1 atom stereocenters. The molecule has 3 heteroatoms. The fraction of sp³-hybridized carbons (Fsp3) is 0.421. The van der Waals surface area contributed by atoms with Crippen molar-refractivity contribution >= 4 is 0 Å². The molecule has 1 saturated heterocycles. The van der Waals surface area contributed by atoms with Crippen LogP contribution in [0.2, 0.25) is 0 Å². The molecule has 0 spiro atoms. The molecule has 0 radical (unpaired) electrons. The number of ether oxygens (including phenoxy) is 1. The lowest BCUT2D eigenvalue weighted by Gasteiger charge is -2.35. The van der Waals surface area contributed by atoms with Crippen LogP contribution in [0.3, 0.4) is 0 Å². The maximum atomic E-state index is 5.76. The fourth-order valence-corrected chi connectivity index (χ4v) is 3.15. The molecule has 2 aromatic rings. The van der Waals surface area contributed by atoms with Gasteiger partial charge >= 0.3 is 0 Å². The lowest BCUT2D eigenvalue weighted by molar-refractivity contribution is 0.156. The Kier molecular flexibility index (Phi) is 5.07. The Bertz CT molecular complexity index is 568. The number of piperidine rings is 1. The molecule has 1 aromatic heterocycles. The molecule has 116 valence electrons. The average Bonchev–Trinajstić information content (AvgIpc) is 2.61. The van der Waals surface area contributed by atoms with Crippen LogP contribution in [0.4, 0.5) is 0 Å². The topological polar surface area (TPSA) is 25.4 Å². The Morgan fingerprint density at radius 2 is 2.00 bits per heavy atom. The van der Waals surface area contributed by atoms with E-state index in [4.69, 9.17) is 4.74 Å². The molecule has 1 aliphatic heterocycles. The van der Waals surface area contributed by atoms with E-state index < -0.39 is 0 Å². The van der Waals surface area contributed by atoms with E-state index in [1.54, 1.807) is 0 Å². The highest BCUT2D eigenvalue weighted by Gasteiger charge is 2.22. The van der Waals surface area contributed by atoms with E-state index in [0.717, 1.165) is 12.1 Å². The van der Waals surface area contributed by atoms with E-state index in [1.807, 2.05) is 30.5 Å². The number of pyridine rings is 1. The first-order chi connectivity index (χ1) is 10.9. The summed E-state index contributed by atoms with van der Waals surface area (Å²) in [6.07, 6.45) is 5.85. The zero-order chi connectivity index (χ0) is 15.2. The first kappa shape index (κ1) is 15.0. The molecule has 0 amide bonds. The van der Waals surface area contributed by atoms with Gasteiger partial charge in [-0.05, 0) is 37.1 Å². The summed E-state index contributed by atoms with van der Waals surface area (Å²) in [7, 11) is 0. The lowest BCUT2D eigenvalue weighted by atomic mass is 9.96. The lowest BCUT2D eigenvalue weighted by Crippen LogP contribution is -2.33. The highest BCUT2D eigenvalue weighted by molar-refractivity contribution is 5.22. The summed E-state index contributed by atoms with van der Waals surface area (Å²) in [5, 5.41) is 0. The van der Waals surface area contributed by atoms with Crippen molar-refractivity contribution in [2.45, 2.75) is 38.8 Å². The van der Waals surface area contributed by atoms with E-state index in [0.29, 0.717) is 18.5 Å². The Balaban J connectivity index is 1.62. The maximum Gasteiger partial charge on any atom is 0.213 e. The van der Waals surface area contributed by atoms with Crippen molar-refractivity contribution in [2.24, 2.45) is 0 Å². The first-order valence-corrected chi connectivity index (χ1v) is 8.23. The summed E-state index contributed by atoms with van der Waals surface area (Å²) in [5.74, 6) is 0.700. The predicted octanol–water partition coefficient (Wildman–Crippen LogP) is 4.21. The van der Waals surface area contributed by atoms with Crippen molar-refractivity contribution in [1.82, 2.24) is 9.88 Å². The summed E-state index contributed by atoms with van der Waals surface area (Å²) < 4.78 is 5.76. The van der Waals surface area contributed by atoms with Crippen molar-refractivity contribution in [3.63, 3.8) is 0 Å². The van der Waals surface area contributed by atoms with Crippen LogP contribution < -0.4 is 4.74 Å². The van der Waals surface area contributed by atoms with Crippen molar-refractivity contribution in [1.29, 1.82) is 0 Å². The molecule has 2 heterocycles. The molecule has 0 N–H and O–H groups in total. The number of aromatic nitrogens is 1. The molecule has 1 aromatic carbocycles. The molecule has 22 heavy (non-hydrogen) atoms. The van der Waals surface area contributed by atoms with Crippen molar-refractivity contribution < 1.29 is 4.74 Å². The Morgan fingerprint density at radius 3 is 2.73 bits per heavy atom. The third-order valence-corrected chi connectivity index (χ3v) is 4.39. The summed E-state index contributed by atoms with van der Waals surface area (Å²) in [4.78, 5) is 7.04. The van der Waals surface area contributed by atoms with Gasteiger partial charge in [0.1, 0.15) is 6.61 Å². The van der Waals surface area contributed by atoms with Gasteiger partial charge in [0.15, 0.2) is 0 Å². The SMILES string of the molecule is CCN1CCCCC1c1ccc(OCc2ccccc2)nc1. The van der Waals surface area contributed by atoms with Crippen LogP contribution in [-0.4, -0.2) is 23.0 Å². The average molecular weight is 296 g/mol. The van der Waals surface area contributed by atoms with E-state index in [9.17, 15) is 0 Å². The third kappa shape index (κ3) is 3.66. The van der Waals surface area contributed by atoms with Gasteiger partial charge in [-0.3, -0.25) is 4.90 Å². The zero-order valence-electron chi connectivity index (χ0n) is 13.2. The Labute approximate surface area is 132 Å². The van der Waals surface area contributed by atoms with Crippen molar-refractivity contribution in [3.8, 4) is 5.88 Å². The standard InChI is InChI=1S/C19H24N2O/c1-2-21-13-7-6-10-18(21)17-11-12-19(20-14-17)22-15-16-8-4-3-5-9-16/h3-5,8-9,11-12,14,18H,2,6-7,10,13,15H2,1H3. The zero-order valence-corrected chi connectivity index (χ0v) is 13.2. The minimum atomic E-state index is 0.523. The Morgan fingerprint density at radius 1 is 1.14 bits per heavy atom. The summed E-state index contributed by atoms with van der Waals surface area (Å²) in [6, 6.07) is 14.9. The number of nitrogens with zero attached hydrogens (tertiary/aromatic N) is 2. The normalized spacial score (nSPS) is 19.0. The van der Waals surface area contributed by atoms with Gasteiger partial charge in [-0.15, -0.1) is 0 Å². The van der Waals surface area contributed by atoms with Crippen molar-refractivity contribution in [2.75, 3.05) is 13.1 Å². The maximum absolute atomic E-state index is 5.76. The molecule has 3 rings (SSSR count). The fourth-order valence-electron chi connectivity index (χ4n) is 3.15. The van der Waals surface area contributed by atoms with E-state index in [2.05, 4.69) is 35.0 Å². The van der Waals surface area contributed by atoms with E-state index >= 15 is 0 Å². The molecular weight excluding hydrogens is 272 g/mol. The number of rotatable bonds is 5. The van der Waals surface area contributed by atoms with Gasteiger partial charge in [0.2, 0.25) is 5.88 Å². The van der Waals surface area contributed by atoms with Crippen LogP contribution in [0.15, 0.2) is 48.7 Å². The number of hydrogen-bond donors (Lipinski definition) is 0. The van der Waals surface area contributed by atoms with E-state index in [-0.39, 0.29) is 0 Å². The predicted molar refractivity (Wildman–Crippen MR) is 88.9 cm³/mol. The second-order valence-electron chi connectivity index (χ2n) is 5.84. The van der Waals surface area contributed by atoms with Gasteiger partial charge in [-0.25, -0.2) is 4.98 Å². The van der Waals surface area contributed by atoms with Crippen LogP contribution >= 0.6 is 0 Å². The molecule has 3 nitrogen and oxygen atoms in total. The molecule has 1 aliphatic rings. The van der Waals surface area contributed by atoms with Gasteiger partial charge in [0.05, 0.1) is 0 Å². The van der Waals surface area contributed by atoms with Crippen LogP contribution in [-0.2, 0) is 6.61 Å². The molecule has 1 fully saturated rings. The number of hydrogen-bond acceptors (Lipinski definition) is 3. The van der Waals surface area contributed by atoms with Crippen LogP contribution in [0, 0.1) is 0 Å². The monoisotopic (exact) mass is 296 g/mol. The molecule has 0 bridgehead atoms. The molecule has 0 aliphatic carbocycles. The van der Waals surface area contributed by atoms with E-state index in [1.165, 1.54) is 31.4 Å². The Hall–Kier alpha value is -1.87. The molecule has 0 saturated carbocycles. The van der Waals surface area contributed by atoms with Crippen LogP contribution in [0.1, 0.15) is 43.4 Å². The smallest absolute Gasteiger partial charge is 0.213 e. The van der Waals surface area contributed by atoms with Gasteiger partial charge in [-0.1, -0.05) is 49.7 Å². The quantitative estimate of drug-likeness (QED) is 0.826. The second-order valence-corrected chi connectivity index (χ2v) is 5.84. The minimum absolute atomic E-state index is 0.523. The minimum Gasteiger partial charge on any atom is -0.473 e. The van der Waals surface area contributed by atoms with Gasteiger partial charge in [0, 0.05) is 18.3 Å². The summed E-state index contributed by atoms with van der Waals surface area (Å²) in [6.45, 7) is 5.12. The third-order valence-electron chi connectivity index (χ3n) is 4.39. The highest BCUT2D eigenvalue weighted by atomic mass is 16.5. The number of benzene rings is 1. The molecular formula is C19H24N2O. The van der Waals surface area contributed by atoms with Gasteiger partial charge < -0.3 is 4.74 Å². The second kappa shape index (κ2) is 7.41. The summed E-state index contributed by atoms with van der Waals surface area (Å²) >= 11 is 0. The first-order valence-electron chi connectivity index (χ1n) is 8.23. The van der Waals surface area contributed by atoms with Crippen LogP contribution in [0.5, 0.6) is 5.88 Å². The highest BCUT2D eigenvalue weighted by Crippen LogP contribution is 2.30.